The van der Waals surface area contributed by atoms with Crippen LogP contribution in [0.1, 0.15) is 0 Å². The van der Waals surface area contributed by atoms with Gasteiger partial charge in [-0.2, -0.15) is 0 Å². The molecule has 0 bridgehead atoms. The van der Waals surface area contributed by atoms with Gasteiger partial charge in [0.25, 0.3) is 0 Å². The highest BCUT2D eigenvalue weighted by atomic mass is 15.5. The van der Waals surface area contributed by atoms with Gasteiger partial charge in [-0.1, -0.05) is 0 Å². The van der Waals surface area contributed by atoms with Crippen molar-refractivity contribution < 1.29 is 0 Å². The van der Waals surface area contributed by atoms with Crippen LogP contribution in [0.25, 0.3) is 5.08 Å². The van der Waals surface area contributed by atoms with E-state index in [4.69, 9.17) is 5.39 Å². The largest absolute Gasteiger partial charge is 0.185 e. The van der Waals surface area contributed by atoms with Crippen LogP contribution in [0.4, 0.5) is 0 Å². The van der Waals surface area contributed by atoms with Crippen molar-refractivity contribution >= 4 is 0 Å². The molecule has 1 rings (SSSR count). The lowest BCUT2D eigenvalue weighted by molar-refractivity contribution is 0.844. The topological polar surface area (TPSA) is 46.0 Å². The van der Waals surface area contributed by atoms with Crippen LogP contribution < -0.4 is 0 Å². The lowest BCUT2D eigenvalue weighted by atomic mass is 10.8. The maximum atomic E-state index is 7.92. The molecule has 0 amide bonds. The lowest BCUT2D eigenvalue weighted by Crippen LogP contribution is -1.80. The first kappa shape index (κ1) is 3.81. The minimum atomic E-state index is 0.931. The third-order valence-electron chi connectivity index (χ3n) is 0.525. The van der Waals surface area contributed by atoms with Crippen molar-refractivity contribution in [2.75, 3.05) is 0 Å². The molecule has 0 atom stereocenters. The molecule has 0 N–H and O–H groups in total. The predicted octanol–water partition coefficient (Wildman–Crippen LogP) is 0.299. The van der Waals surface area contributed by atoms with Crippen LogP contribution in [0.3, 0.4) is 0 Å². The molecule has 0 aliphatic carbocycles. The smallest absolute Gasteiger partial charge is 0.0198 e. The van der Waals surface area contributed by atoms with Crippen LogP contribution in [0, 0.1) is 11.6 Å². The van der Waals surface area contributed by atoms with Crippen LogP contribution >= 0.6 is 0 Å². The van der Waals surface area contributed by atoms with Crippen LogP contribution in [0.5, 0.6) is 0 Å². The molecule has 0 aromatic carbocycles. The highest BCUT2D eigenvalue weighted by Crippen LogP contribution is 1.77. The molecule has 7 heavy (non-hydrogen) atoms. The normalized spacial score (nSPS) is 7.86. The Kier molecular flexibility index (Phi) is 0.755. The number of hydrogen-bond donors (Lipinski definition) is 0. The maximum Gasteiger partial charge on any atom is 0.185 e. The van der Waals surface area contributed by atoms with Gasteiger partial charge in [0.15, 0.2) is 12.4 Å². The summed E-state index contributed by atoms with van der Waals surface area (Å²) in [6.07, 6.45) is 3.95. The lowest BCUT2D eigenvalue weighted by Gasteiger charge is -1.53. The first-order valence-electron chi connectivity index (χ1n) is 1.70. The summed E-state index contributed by atoms with van der Waals surface area (Å²) in [7, 11) is 0. The fourth-order valence-electron chi connectivity index (χ4n) is 0.279. The minimum Gasteiger partial charge on any atom is 0.0198 e. The Morgan fingerprint density at radius 3 is 3.00 bits per heavy atom. The SMILES string of the molecule is N#[N+]n1[c]ccn1. The molecule has 0 unspecified atom stereocenters. The summed E-state index contributed by atoms with van der Waals surface area (Å²) in [5.74, 6) is 0. The van der Waals surface area contributed by atoms with E-state index in [0.717, 1.165) is 4.79 Å². The quantitative estimate of drug-likeness (QED) is 0.434. The van der Waals surface area contributed by atoms with Crippen LogP contribution in [0.2, 0.25) is 0 Å². The highest BCUT2D eigenvalue weighted by molar-refractivity contribution is 4.76. The van der Waals surface area contributed by atoms with Crippen molar-refractivity contribution in [2.45, 2.75) is 0 Å². The van der Waals surface area contributed by atoms with Gasteiger partial charge < -0.3 is 0 Å². The standard InChI is InChI=1S/C3H2N4/c4-6-7-3-1-2-5-7/h1-2H/q+1. The molecular weight excluding hydrogens is 92.1 g/mol. The third-order valence-corrected chi connectivity index (χ3v) is 0.525. The molecule has 1 aromatic rings. The van der Waals surface area contributed by atoms with E-state index >= 15 is 0 Å². The molecule has 1 heterocycles. The summed E-state index contributed by atoms with van der Waals surface area (Å²) in [5.41, 5.74) is 0. The molecule has 0 aliphatic heterocycles. The Morgan fingerprint density at radius 1 is 1.86 bits per heavy atom. The molecule has 1 radical (unpaired) electrons. The third kappa shape index (κ3) is 0.550. The Balaban J connectivity index is 3.04. The van der Waals surface area contributed by atoms with E-state index < -0.39 is 0 Å². The summed E-state index contributed by atoms with van der Waals surface area (Å²) in [5, 5.41) is 14.1. The molecule has 0 saturated heterocycles. The monoisotopic (exact) mass is 94.0 g/mol. The zero-order valence-electron chi connectivity index (χ0n) is 3.44. The Bertz CT molecular complexity index is 169. The van der Waals surface area contributed by atoms with Crippen LogP contribution in [0.15, 0.2) is 12.3 Å². The van der Waals surface area contributed by atoms with Crippen LogP contribution in [-0.2, 0) is 0 Å². The zero-order valence-corrected chi connectivity index (χ0v) is 3.44. The fraction of sp³-hybridized carbons (Fsp3) is 0. The Hall–Kier alpha value is -1.37. The van der Waals surface area contributed by atoms with E-state index in [2.05, 4.69) is 16.4 Å². The van der Waals surface area contributed by atoms with Gasteiger partial charge in [0, 0.05) is 6.07 Å². The molecule has 33 valence electrons. The molecule has 0 spiro atoms. The second-order valence-corrected chi connectivity index (χ2v) is 0.939. The van der Waals surface area contributed by atoms with E-state index in [9.17, 15) is 0 Å². The van der Waals surface area contributed by atoms with E-state index in [1.54, 1.807) is 6.07 Å². The van der Waals surface area contributed by atoms with E-state index in [1.165, 1.54) is 6.20 Å². The Labute approximate surface area is 40.0 Å². The Morgan fingerprint density at radius 2 is 2.71 bits per heavy atom. The van der Waals surface area contributed by atoms with Crippen molar-refractivity contribution in [1.29, 1.82) is 5.39 Å². The molecular formula is C3H2N4+. The number of aromatic nitrogens is 2. The van der Waals surface area contributed by atoms with E-state index in [0.29, 0.717) is 0 Å². The zero-order chi connectivity index (χ0) is 5.11. The van der Waals surface area contributed by atoms with Crippen molar-refractivity contribution in [2.24, 2.45) is 0 Å². The number of hydrogen-bond acceptors (Lipinski definition) is 2. The van der Waals surface area contributed by atoms with Gasteiger partial charge >= 0.3 is 0 Å². The van der Waals surface area contributed by atoms with E-state index in [-0.39, 0.29) is 0 Å². The average Bonchev–Trinajstić information content (AvgIpc) is 2.14. The summed E-state index contributed by atoms with van der Waals surface area (Å²) in [6.45, 7) is 0. The van der Waals surface area contributed by atoms with Gasteiger partial charge in [-0.15, -0.1) is 0 Å². The maximum absolute atomic E-state index is 7.92. The molecule has 0 saturated carbocycles. The second kappa shape index (κ2) is 1.39. The van der Waals surface area contributed by atoms with E-state index in [1.807, 2.05) is 0 Å². The summed E-state index contributed by atoms with van der Waals surface area (Å²) >= 11 is 0. The first-order chi connectivity index (χ1) is 3.43. The molecule has 0 fully saturated rings. The molecule has 1 aromatic heterocycles. The van der Waals surface area contributed by atoms with Crippen molar-refractivity contribution in [3.63, 3.8) is 0 Å². The highest BCUT2D eigenvalue weighted by Gasteiger charge is 1.92. The van der Waals surface area contributed by atoms with Gasteiger partial charge in [0.05, 0.1) is 5.10 Å². The molecule has 4 nitrogen and oxygen atoms in total. The molecule has 4 heteroatoms. The minimum absolute atomic E-state index is 0.931. The predicted molar refractivity (Wildman–Crippen MR) is 21.5 cm³/mol. The second-order valence-electron chi connectivity index (χ2n) is 0.939. The summed E-state index contributed by atoms with van der Waals surface area (Å²) < 4.78 is 0. The van der Waals surface area contributed by atoms with Gasteiger partial charge in [-0.25, -0.2) is 0 Å². The number of rotatable bonds is 0. The number of nitrogens with zero attached hydrogens (tertiary/aromatic N) is 4. The van der Waals surface area contributed by atoms with Crippen LogP contribution in [-0.4, -0.2) is 9.89 Å². The number of diazo groups is 1. The van der Waals surface area contributed by atoms with Gasteiger partial charge in [0.2, 0.25) is 0 Å². The van der Waals surface area contributed by atoms with Gasteiger partial charge in [0.1, 0.15) is 15.3 Å². The fourth-order valence-corrected chi connectivity index (χ4v) is 0.279. The van der Waals surface area contributed by atoms with Crippen molar-refractivity contribution in [3.05, 3.63) is 23.5 Å². The molecule has 0 aliphatic rings. The summed E-state index contributed by atoms with van der Waals surface area (Å²) in [6, 6.07) is 1.54. The van der Waals surface area contributed by atoms with Crippen molar-refractivity contribution in [1.82, 2.24) is 9.89 Å². The van der Waals surface area contributed by atoms with Gasteiger partial charge in [-0.05, 0) is 0 Å². The van der Waals surface area contributed by atoms with Crippen molar-refractivity contribution in [3.8, 4) is 0 Å². The first-order valence-corrected chi connectivity index (χ1v) is 1.70. The van der Waals surface area contributed by atoms with Gasteiger partial charge in [-0.3, -0.25) is 0 Å². The summed E-state index contributed by atoms with van der Waals surface area (Å²) in [4.78, 5) is 0.931. The average molecular weight is 94.1 g/mol.